The molecular weight excluding hydrogens is 413 g/mol. The number of rotatable bonds is 7. The van der Waals surface area contributed by atoms with Gasteiger partial charge in [0.25, 0.3) is 5.91 Å². The number of hydrogen-bond donors (Lipinski definition) is 1. The fourth-order valence-corrected chi connectivity index (χ4v) is 2.77. The molecule has 0 aliphatic carbocycles. The molecule has 0 saturated heterocycles. The van der Waals surface area contributed by atoms with E-state index in [-0.39, 0.29) is 12.1 Å². The minimum Gasteiger partial charge on any atom is -0.453 e. The summed E-state index contributed by atoms with van der Waals surface area (Å²) in [6.07, 6.45) is -5.47. The number of nitrogens with zero attached hydrogens (tertiary/aromatic N) is 1. The van der Waals surface area contributed by atoms with Gasteiger partial charge in [0.05, 0.1) is 11.9 Å². The number of para-hydroxylation sites is 1. The van der Waals surface area contributed by atoms with Crippen molar-refractivity contribution >= 4 is 28.5 Å². The number of nitrogens with one attached hydrogen (secondary N) is 1. The second kappa shape index (κ2) is 9.46. The Bertz CT molecular complexity index is 1070. The predicted molar refractivity (Wildman–Crippen MR) is 107 cm³/mol. The van der Waals surface area contributed by atoms with E-state index in [4.69, 9.17) is 4.74 Å². The number of halogens is 3. The Kier molecular flexibility index (Phi) is 6.74. The lowest BCUT2D eigenvalue weighted by Gasteiger charge is -2.14. The number of carbonyl (C=O) groups excluding carboxylic acids is 2. The van der Waals surface area contributed by atoms with Gasteiger partial charge < -0.3 is 14.8 Å². The van der Waals surface area contributed by atoms with E-state index >= 15 is 0 Å². The number of benzene rings is 2. The zero-order valence-corrected chi connectivity index (χ0v) is 16.5. The molecule has 6 nitrogen and oxygen atoms in total. The van der Waals surface area contributed by atoms with E-state index < -0.39 is 30.1 Å². The van der Waals surface area contributed by atoms with Crippen LogP contribution in [0.25, 0.3) is 10.9 Å². The molecule has 0 fully saturated rings. The summed E-state index contributed by atoms with van der Waals surface area (Å²) in [5, 5.41) is 3.46. The highest BCUT2D eigenvalue weighted by Crippen LogP contribution is 2.24. The Hall–Kier alpha value is -3.62. The summed E-state index contributed by atoms with van der Waals surface area (Å²) in [5.74, 6) is -1.58. The van der Waals surface area contributed by atoms with E-state index in [1.54, 1.807) is 0 Å². The van der Waals surface area contributed by atoms with Crippen LogP contribution in [0, 0.1) is 0 Å². The van der Waals surface area contributed by atoms with Crippen LogP contribution in [0.3, 0.4) is 0 Å². The van der Waals surface area contributed by atoms with Crippen molar-refractivity contribution in [2.24, 2.45) is 0 Å². The van der Waals surface area contributed by atoms with Crippen molar-refractivity contribution in [2.75, 3.05) is 5.32 Å². The number of ether oxygens (including phenoxy) is 2. The Balaban J connectivity index is 1.47. The molecule has 31 heavy (non-hydrogen) atoms. The van der Waals surface area contributed by atoms with Crippen LogP contribution in [-0.4, -0.2) is 29.3 Å². The average molecular weight is 432 g/mol. The molecule has 3 aromatic rings. The van der Waals surface area contributed by atoms with Crippen LogP contribution in [0.2, 0.25) is 0 Å². The van der Waals surface area contributed by atoms with Crippen LogP contribution in [0.4, 0.5) is 18.9 Å². The molecule has 9 heteroatoms. The Morgan fingerprint density at radius 2 is 1.74 bits per heavy atom. The van der Waals surface area contributed by atoms with Gasteiger partial charge in [0, 0.05) is 23.2 Å². The van der Waals surface area contributed by atoms with E-state index in [0.29, 0.717) is 6.42 Å². The molecule has 162 valence electrons. The number of aryl methyl sites for hydroxylation is 1. The summed E-state index contributed by atoms with van der Waals surface area (Å²) in [5.41, 5.74) is 1.80. The fraction of sp³-hybridized carbons (Fsp3) is 0.227. The Morgan fingerprint density at radius 1 is 1.03 bits per heavy atom. The molecule has 3 rings (SSSR count). The molecule has 1 amide bonds. The number of carbonyl (C=O) groups is 2. The first-order valence-electron chi connectivity index (χ1n) is 9.40. The molecule has 0 aliphatic heterocycles. The number of anilines is 1. The van der Waals surface area contributed by atoms with Gasteiger partial charge in [-0.3, -0.25) is 14.6 Å². The SMILES string of the molecule is CC(OC(=O)CCc1ccc2ccccc2n1)C(=O)Nc1ccc(OC(F)(F)F)cc1. The van der Waals surface area contributed by atoms with Crippen molar-refractivity contribution in [3.05, 3.63) is 66.4 Å². The number of hydrogen-bond acceptors (Lipinski definition) is 5. The van der Waals surface area contributed by atoms with Gasteiger partial charge in [0.1, 0.15) is 5.75 Å². The van der Waals surface area contributed by atoms with Crippen LogP contribution in [0.5, 0.6) is 5.75 Å². The smallest absolute Gasteiger partial charge is 0.453 e. The summed E-state index contributed by atoms with van der Waals surface area (Å²) in [7, 11) is 0. The molecule has 1 aromatic heterocycles. The first-order valence-corrected chi connectivity index (χ1v) is 9.40. The number of aromatic nitrogens is 1. The quantitative estimate of drug-likeness (QED) is 0.551. The lowest BCUT2D eigenvalue weighted by molar-refractivity contribution is -0.274. The van der Waals surface area contributed by atoms with Crippen molar-refractivity contribution in [1.82, 2.24) is 4.98 Å². The van der Waals surface area contributed by atoms with Crippen LogP contribution in [0.15, 0.2) is 60.7 Å². The molecule has 1 heterocycles. The van der Waals surface area contributed by atoms with Gasteiger partial charge in [-0.05, 0) is 43.3 Å². The standard InChI is InChI=1S/C22H19F3N2O4/c1-14(21(29)27-17-8-11-18(12-9-17)31-22(23,24)25)30-20(28)13-10-16-7-6-15-4-2-3-5-19(15)26-16/h2-9,11-12,14H,10,13H2,1H3,(H,27,29). The zero-order chi connectivity index (χ0) is 22.4. The van der Waals surface area contributed by atoms with Crippen LogP contribution in [-0.2, 0) is 20.7 Å². The molecule has 0 radical (unpaired) electrons. The highest BCUT2D eigenvalue weighted by atomic mass is 19.4. The minimum absolute atomic E-state index is 0.0481. The van der Waals surface area contributed by atoms with Crippen LogP contribution in [0.1, 0.15) is 19.0 Å². The van der Waals surface area contributed by atoms with Gasteiger partial charge in [-0.15, -0.1) is 13.2 Å². The maximum absolute atomic E-state index is 12.2. The monoisotopic (exact) mass is 432 g/mol. The molecule has 1 atom stereocenters. The maximum atomic E-state index is 12.2. The molecule has 0 aliphatic rings. The van der Waals surface area contributed by atoms with Gasteiger partial charge in [-0.25, -0.2) is 0 Å². The lowest BCUT2D eigenvalue weighted by Crippen LogP contribution is -2.30. The Labute approximate surface area is 176 Å². The van der Waals surface area contributed by atoms with E-state index in [9.17, 15) is 22.8 Å². The van der Waals surface area contributed by atoms with E-state index in [1.165, 1.54) is 19.1 Å². The highest BCUT2D eigenvalue weighted by molar-refractivity contribution is 5.95. The van der Waals surface area contributed by atoms with Crippen molar-refractivity contribution in [2.45, 2.75) is 32.2 Å². The molecule has 1 unspecified atom stereocenters. The summed E-state index contributed by atoms with van der Waals surface area (Å²) >= 11 is 0. The fourth-order valence-electron chi connectivity index (χ4n) is 2.77. The van der Waals surface area contributed by atoms with Crippen molar-refractivity contribution in [3.63, 3.8) is 0 Å². The van der Waals surface area contributed by atoms with Crippen molar-refractivity contribution in [1.29, 1.82) is 0 Å². The van der Waals surface area contributed by atoms with Gasteiger partial charge >= 0.3 is 12.3 Å². The summed E-state index contributed by atoms with van der Waals surface area (Å²) in [6, 6.07) is 16.0. The second-order valence-electron chi connectivity index (χ2n) is 6.69. The largest absolute Gasteiger partial charge is 0.573 e. The Morgan fingerprint density at radius 3 is 2.45 bits per heavy atom. The van der Waals surface area contributed by atoms with Crippen LogP contribution >= 0.6 is 0 Å². The lowest BCUT2D eigenvalue weighted by atomic mass is 10.1. The first kappa shape index (κ1) is 22.1. The summed E-state index contributed by atoms with van der Waals surface area (Å²) < 4.78 is 45.4. The number of esters is 1. The van der Waals surface area contributed by atoms with Gasteiger partial charge in [-0.1, -0.05) is 24.3 Å². The van der Waals surface area contributed by atoms with E-state index in [1.807, 2.05) is 36.4 Å². The molecule has 2 aromatic carbocycles. The van der Waals surface area contributed by atoms with Gasteiger partial charge in [0.2, 0.25) is 0 Å². The van der Waals surface area contributed by atoms with Gasteiger partial charge in [-0.2, -0.15) is 0 Å². The summed E-state index contributed by atoms with van der Waals surface area (Å²) in [4.78, 5) is 28.7. The van der Waals surface area contributed by atoms with Crippen molar-refractivity contribution < 1.29 is 32.2 Å². The molecule has 0 saturated carbocycles. The third-order valence-corrected chi connectivity index (χ3v) is 4.27. The van der Waals surface area contributed by atoms with E-state index in [0.717, 1.165) is 28.7 Å². The van der Waals surface area contributed by atoms with Crippen molar-refractivity contribution in [3.8, 4) is 5.75 Å². The van der Waals surface area contributed by atoms with E-state index in [2.05, 4.69) is 15.0 Å². The highest BCUT2D eigenvalue weighted by Gasteiger charge is 2.31. The topological polar surface area (TPSA) is 77.5 Å². The van der Waals surface area contributed by atoms with Crippen LogP contribution < -0.4 is 10.1 Å². The second-order valence-corrected chi connectivity index (χ2v) is 6.69. The molecule has 0 spiro atoms. The maximum Gasteiger partial charge on any atom is 0.573 e. The minimum atomic E-state index is -4.80. The number of amides is 1. The molecule has 0 bridgehead atoms. The normalized spacial score (nSPS) is 12.3. The summed E-state index contributed by atoms with van der Waals surface area (Å²) in [6.45, 7) is 1.41. The zero-order valence-electron chi connectivity index (χ0n) is 16.5. The predicted octanol–water partition coefficient (Wildman–Crippen LogP) is 4.64. The average Bonchev–Trinajstić information content (AvgIpc) is 2.72. The third kappa shape index (κ3) is 6.70. The molecular formula is C22H19F3N2O4. The molecule has 1 N–H and O–H groups in total. The number of alkyl halides is 3. The number of fused-ring (bicyclic) bond motifs is 1. The number of pyridine rings is 1. The third-order valence-electron chi connectivity index (χ3n) is 4.27. The van der Waals surface area contributed by atoms with Gasteiger partial charge in [0.15, 0.2) is 6.10 Å². The first-order chi connectivity index (χ1) is 14.7.